The van der Waals surface area contributed by atoms with Gasteiger partial charge in [-0.05, 0) is 31.5 Å². The van der Waals surface area contributed by atoms with E-state index >= 15 is 0 Å². The fraction of sp³-hybridized carbons (Fsp3) is 0.688. The lowest BCUT2D eigenvalue weighted by molar-refractivity contribution is 0.0630. The standard InChI is InChI=1S/C16H21B6N5O2/c1-13(2,3)27-12-24-5-6(9(23)28)10(25-12)26-16(22)8(18)7(17)14(4,19)11(29)15(16,20)21/h5,7-8,11,29H,1-4H3,(H2,23,28)(H2,24,25,26,27). The van der Waals surface area contributed by atoms with Crippen LogP contribution in [0.5, 0.6) is 0 Å². The first-order valence-corrected chi connectivity index (χ1v) is 9.03. The average Bonchev–Trinajstić information content (AvgIpc) is 2.56. The Kier molecular flexibility index (Phi) is 6.01. The molecule has 1 saturated carbocycles. The molecule has 12 radical (unpaired) electrons. The van der Waals surface area contributed by atoms with Gasteiger partial charge in [0, 0.05) is 17.8 Å². The van der Waals surface area contributed by atoms with E-state index in [-0.39, 0.29) is 22.9 Å². The Labute approximate surface area is 180 Å². The van der Waals surface area contributed by atoms with Crippen LogP contribution in [0.3, 0.4) is 0 Å². The first kappa shape index (κ1) is 23.8. The van der Waals surface area contributed by atoms with Crippen LogP contribution in [0, 0.1) is 0 Å². The summed E-state index contributed by atoms with van der Waals surface area (Å²) in [5.74, 6) is -2.84. The lowest BCUT2D eigenvalue weighted by atomic mass is 9.22. The first-order chi connectivity index (χ1) is 12.9. The van der Waals surface area contributed by atoms with Crippen molar-refractivity contribution in [3.63, 3.8) is 0 Å². The second-order valence-electron chi connectivity index (χ2n) is 8.94. The summed E-state index contributed by atoms with van der Waals surface area (Å²) in [6.07, 6.45) is -0.324. The molecule has 0 aromatic carbocycles. The molecule has 1 aromatic rings. The zero-order valence-electron chi connectivity index (χ0n) is 17.1. The monoisotopic (exact) mass is 381 g/mol. The molecule has 1 aromatic heterocycles. The minimum absolute atomic E-state index is 0.0718. The minimum Gasteiger partial charge on any atom is -0.394 e. The van der Waals surface area contributed by atoms with Gasteiger partial charge in [0.2, 0.25) is 5.95 Å². The lowest BCUT2D eigenvalue weighted by Crippen LogP contribution is -2.66. The fourth-order valence-corrected chi connectivity index (χ4v) is 3.32. The highest BCUT2D eigenvalue weighted by Crippen LogP contribution is 2.63. The normalized spacial score (nSPS) is 34.3. The van der Waals surface area contributed by atoms with E-state index in [1.165, 1.54) is 13.1 Å². The smallest absolute Gasteiger partial charge is 0.254 e. The zero-order valence-corrected chi connectivity index (χ0v) is 17.1. The van der Waals surface area contributed by atoms with Crippen LogP contribution in [0.25, 0.3) is 0 Å². The molecular weight excluding hydrogens is 359 g/mol. The summed E-state index contributed by atoms with van der Waals surface area (Å²) in [5, 5.41) is 13.1. The van der Waals surface area contributed by atoms with Crippen LogP contribution in [0.15, 0.2) is 6.20 Å². The maximum absolute atomic E-state index is 11.9. The Hall–Kier alpha value is -1.50. The number of aliphatic hydroxyl groups is 1. The predicted octanol–water partition coefficient (Wildman–Crippen LogP) is -0.849. The molecule has 2 rings (SSSR count). The summed E-state index contributed by atoms with van der Waals surface area (Å²) in [7, 11) is 37.3. The number of hydrogen-bond acceptors (Lipinski definition) is 6. The van der Waals surface area contributed by atoms with E-state index in [9.17, 15) is 9.90 Å². The predicted molar refractivity (Wildman–Crippen MR) is 119 cm³/mol. The van der Waals surface area contributed by atoms with Crippen LogP contribution < -0.4 is 16.4 Å². The third kappa shape index (κ3) is 4.07. The van der Waals surface area contributed by atoms with E-state index in [1.54, 1.807) is 0 Å². The molecule has 140 valence electrons. The molecule has 1 heterocycles. The summed E-state index contributed by atoms with van der Waals surface area (Å²) in [6, 6.07) is 0. The largest absolute Gasteiger partial charge is 0.394 e. The average molecular weight is 380 g/mol. The lowest BCUT2D eigenvalue weighted by Gasteiger charge is -2.65. The molecule has 7 nitrogen and oxygen atoms in total. The number of nitrogens with one attached hydrogen (secondary N) is 2. The van der Waals surface area contributed by atoms with E-state index in [2.05, 4.69) is 20.6 Å². The highest BCUT2D eigenvalue weighted by Gasteiger charge is 2.59. The topological polar surface area (TPSA) is 113 Å². The molecule has 0 saturated heterocycles. The van der Waals surface area contributed by atoms with Gasteiger partial charge in [0.05, 0.1) is 44.8 Å². The van der Waals surface area contributed by atoms with Crippen molar-refractivity contribution in [2.45, 2.75) is 66.9 Å². The van der Waals surface area contributed by atoms with Gasteiger partial charge in [-0.15, -0.1) is 0 Å². The number of nitrogens with zero attached hydrogens (tertiary/aromatic N) is 2. The number of rotatable bonds is 4. The van der Waals surface area contributed by atoms with Crippen LogP contribution in [-0.2, 0) is 0 Å². The number of nitrogens with two attached hydrogens (primary N) is 1. The van der Waals surface area contributed by atoms with Gasteiger partial charge in [0.25, 0.3) is 5.91 Å². The molecule has 1 fully saturated rings. The highest BCUT2D eigenvalue weighted by molar-refractivity contribution is 6.49. The SMILES string of the molecule is [B]C1C([B])C([B])(Nc2nc(NC(C)(C)C)ncc2C(N)=O)C([B])([B])C(O)C1([B])C. The van der Waals surface area contributed by atoms with Crippen molar-refractivity contribution >= 4 is 64.8 Å². The second kappa shape index (κ2) is 7.33. The summed E-state index contributed by atoms with van der Waals surface area (Å²) in [6.45, 7) is 7.17. The van der Waals surface area contributed by atoms with Gasteiger partial charge in [-0.2, -0.15) is 4.98 Å². The van der Waals surface area contributed by atoms with Crippen LogP contribution >= 0.6 is 0 Å². The van der Waals surface area contributed by atoms with Crippen molar-refractivity contribution in [3.8, 4) is 0 Å². The number of carbonyl (C=O) groups is 1. The Balaban J connectivity index is 2.57. The van der Waals surface area contributed by atoms with Gasteiger partial charge in [0.15, 0.2) is 0 Å². The number of anilines is 2. The van der Waals surface area contributed by atoms with Crippen molar-refractivity contribution in [1.82, 2.24) is 9.97 Å². The fourth-order valence-electron chi connectivity index (χ4n) is 3.32. The van der Waals surface area contributed by atoms with Crippen molar-refractivity contribution in [2.75, 3.05) is 10.6 Å². The van der Waals surface area contributed by atoms with Crippen molar-refractivity contribution in [3.05, 3.63) is 11.8 Å². The summed E-state index contributed by atoms with van der Waals surface area (Å²) in [4.78, 5) is 20.2. The second-order valence-corrected chi connectivity index (χ2v) is 8.94. The molecule has 0 bridgehead atoms. The molecule has 5 atom stereocenters. The molecule has 13 heteroatoms. The van der Waals surface area contributed by atoms with Crippen molar-refractivity contribution < 1.29 is 9.90 Å². The molecular formula is C16H21B6N5O2. The van der Waals surface area contributed by atoms with E-state index in [4.69, 9.17) is 52.8 Å². The van der Waals surface area contributed by atoms with Gasteiger partial charge in [0.1, 0.15) is 13.7 Å². The molecule has 5 unspecified atom stereocenters. The highest BCUT2D eigenvalue weighted by atomic mass is 16.3. The molecule has 5 N–H and O–H groups in total. The number of aliphatic hydroxyl groups excluding tert-OH is 1. The van der Waals surface area contributed by atoms with Gasteiger partial charge < -0.3 is 21.5 Å². The summed E-state index contributed by atoms with van der Waals surface area (Å²) < 4.78 is 0. The third-order valence-electron chi connectivity index (χ3n) is 5.26. The molecule has 0 spiro atoms. The Morgan fingerprint density at radius 2 is 1.76 bits per heavy atom. The number of amides is 1. The molecule has 1 amide bonds. The van der Waals surface area contributed by atoms with Gasteiger partial charge in [-0.3, -0.25) is 4.79 Å². The Bertz CT molecular complexity index is 802. The van der Waals surface area contributed by atoms with E-state index in [0.29, 0.717) is 0 Å². The number of aromatic nitrogens is 2. The summed E-state index contributed by atoms with van der Waals surface area (Å²) >= 11 is 0. The van der Waals surface area contributed by atoms with Crippen LogP contribution in [-0.4, -0.2) is 85.1 Å². The van der Waals surface area contributed by atoms with E-state index < -0.39 is 39.6 Å². The van der Waals surface area contributed by atoms with Crippen LogP contribution in [0.1, 0.15) is 38.1 Å². The maximum atomic E-state index is 11.9. The summed E-state index contributed by atoms with van der Waals surface area (Å²) in [5.41, 5.74) is 3.06. The molecule has 0 aliphatic heterocycles. The zero-order chi connectivity index (χ0) is 22.6. The number of carbonyl (C=O) groups excluding carboxylic acids is 1. The molecule has 1 aliphatic carbocycles. The van der Waals surface area contributed by atoms with Gasteiger partial charge in [-0.1, -0.05) is 23.8 Å². The molecule has 29 heavy (non-hydrogen) atoms. The first-order valence-electron chi connectivity index (χ1n) is 9.03. The Morgan fingerprint density at radius 1 is 1.21 bits per heavy atom. The van der Waals surface area contributed by atoms with Crippen molar-refractivity contribution in [1.29, 1.82) is 0 Å². The van der Waals surface area contributed by atoms with E-state index in [1.807, 2.05) is 20.8 Å². The minimum atomic E-state index is -2.05. The number of hydrogen-bond donors (Lipinski definition) is 4. The number of primary amides is 1. The van der Waals surface area contributed by atoms with Crippen molar-refractivity contribution in [2.24, 2.45) is 5.73 Å². The van der Waals surface area contributed by atoms with Gasteiger partial charge >= 0.3 is 0 Å². The molecule has 1 aliphatic rings. The quantitative estimate of drug-likeness (QED) is 0.507. The maximum Gasteiger partial charge on any atom is 0.254 e. The van der Waals surface area contributed by atoms with Gasteiger partial charge in [-0.25, -0.2) is 4.98 Å². The Morgan fingerprint density at radius 3 is 2.24 bits per heavy atom. The van der Waals surface area contributed by atoms with Crippen LogP contribution in [0.4, 0.5) is 11.8 Å². The van der Waals surface area contributed by atoms with E-state index in [0.717, 1.165) is 0 Å². The van der Waals surface area contributed by atoms with Crippen LogP contribution in [0.2, 0.25) is 22.2 Å². The third-order valence-corrected chi connectivity index (χ3v) is 5.26.